The summed E-state index contributed by atoms with van der Waals surface area (Å²) in [6, 6.07) is 0. The molecule has 0 unspecified atom stereocenters. The van der Waals surface area contributed by atoms with Crippen LogP contribution in [0.25, 0.3) is 0 Å². The third-order valence-electron chi connectivity index (χ3n) is 2.85. The van der Waals surface area contributed by atoms with Crippen LogP contribution in [-0.2, 0) is 23.0 Å². The molecule has 0 spiro atoms. The number of rotatable bonds is 5. The Balaban J connectivity index is 2.14. The number of aryl methyl sites for hydroxylation is 3. The van der Waals surface area contributed by atoms with Gasteiger partial charge in [-0.3, -0.25) is 0 Å². The van der Waals surface area contributed by atoms with E-state index in [9.17, 15) is 8.42 Å². The highest BCUT2D eigenvalue weighted by Crippen LogP contribution is 2.13. The summed E-state index contributed by atoms with van der Waals surface area (Å²) in [4.78, 5) is 6.74. The van der Waals surface area contributed by atoms with Crippen molar-refractivity contribution in [3.8, 4) is 0 Å². The molecule has 0 aromatic carbocycles. The summed E-state index contributed by atoms with van der Waals surface area (Å²) in [6.45, 7) is 5.55. The van der Waals surface area contributed by atoms with Gasteiger partial charge in [-0.05, 0) is 13.8 Å². The van der Waals surface area contributed by atoms with Crippen LogP contribution in [0.2, 0.25) is 0 Å². The Bertz CT molecular complexity index is 652. The fourth-order valence-corrected chi connectivity index (χ4v) is 2.59. The van der Waals surface area contributed by atoms with Crippen molar-refractivity contribution in [3.63, 3.8) is 0 Å². The van der Waals surface area contributed by atoms with E-state index < -0.39 is 10.0 Å². The Morgan fingerprint density at radius 2 is 2.16 bits per heavy atom. The summed E-state index contributed by atoms with van der Waals surface area (Å²) in [5.41, 5.74) is 1.43. The Morgan fingerprint density at radius 3 is 2.68 bits per heavy atom. The maximum atomic E-state index is 12.0. The van der Waals surface area contributed by atoms with E-state index in [-0.39, 0.29) is 11.6 Å². The first kappa shape index (κ1) is 13.8. The smallest absolute Gasteiger partial charge is 0.257 e. The second-order valence-corrected chi connectivity index (χ2v) is 5.91. The predicted molar refractivity (Wildman–Crippen MR) is 68.0 cm³/mol. The van der Waals surface area contributed by atoms with Crippen molar-refractivity contribution in [2.24, 2.45) is 0 Å². The largest absolute Gasteiger partial charge is 0.361 e. The zero-order valence-corrected chi connectivity index (χ0v) is 11.8. The molecule has 0 radical (unpaired) electrons. The molecule has 0 saturated heterocycles. The topological polar surface area (TPSA) is 101 Å². The molecule has 0 aliphatic rings. The SMILES string of the molecule is CCc1ncc(S(=O)(=O)NCc2c(C)noc2C)[nH]1. The number of aromatic nitrogens is 3. The molecule has 2 heterocycles. The zero-order chi connectivity index (χ0) is 14.0. The third-order valence-corrected chi connectivity index (χ3v) is 4.16. The number of aromatic amines is 1. The lowest BCUT2D eigenvalue weighted by Gasteiger charge is -2.04. The lowest BCUT2D eigenvalue weighted by atomic mass is 10.2. The lowest BCUT2D eigenvalue weighted by Crippen LogP contribution is -2.24. The summed E-state index contributed by atoms with van der Waals surface area (Å²) in [5.74, 6) is 1.25. The Hall–Kier alpha value is -1.67. The molecule has 2 rings (SSSR count). The van der Waals surface area contributed by atoms with Gasteiger partial charge in [-0.25, -0.2) is 18.1 Å². The highest BCUT2D eigenvalue weighted by molar-refractivity contribution is 7.89. The number of sulfonamides is 1. The van der Waals surface area contributed by atoms with Crippen molar-refractivity contribution >= 4 is 10.0 Å². The van der Waals surface area contributed by atoms with E-state index in [1.807, 2.05) is 6.92 Å². The van der Waals surface area contributed by atoms with Crippen LogP contribution in [0.3, 0.4) is 0 Å². The highest BCUT2D eigenvalue weighted by atomic mass is 32.2. The molecule has 0 atom stereocenters. The maximum Gasteiger partial charge on any atom is 0.257 e. The maximum absolute atomic E-state index is 12.0. The minimum absolute atomic E-state index is 0.0658. The molecule has 104 valence electrons. The monoisotopic (exact) mass is 284 g/mol. The Kier molecular flexibility index (Phi) is 3.72. The number of H-pyrrole nitrogens is 1. The number of hydrogen-bond donors (Lipinski definition) is 2. The molecule has 0 fully saturated rings. The van der Waals surface area contributed by atoms with Gasteiger partial charge in [-0.15, -0.1) is 0 Å². The van der Waals surface area contributed by atoms with E-state index >= 15 is 0 Å². The van der Waals surface area contributed by atoms with E-state index in [0.29, 0.717) is 23.7 Å². The van der Waals surface area contributed by atoms with E-state index in [0.717, 1.165) is 5.56 Å². The molecular formula is C11H16N4O3S. The van der Waals surface area contributed by atoms with Gasteiger partial charge in [0, 0.05) is 18.5 Å². The van der Waals surface area contributed by atoms with E-state index in [4.69, 9.17) is 4.52 Å². The van der Waals surface area contributed by atoms with Gasteiger partial charge in [0.1, 0.15) is 11.6 Å². The van der Waals surface area contributed by atoms with Crippen molar-refractivity contribution in [2.45, 2.75) is 38.8 Å². The number of hydrogen-bond acceptors (Lipinski definition) is 5. The number of nitrogens with one attached hydrogen (secondary N) is 2. The van der Waals surface area contributed by atoms with Crippen molar-refractivity contribution in [2.75, 3.05) is 0 Å². The van der Waals surface area contributed by atoms with Crippen LogP contribution in [0.4, 0.5) is 0 Å². The standard InChI is InChI=1S/C11H16N4O3S/c1-4-10-12-6-11(14-10)19(16,17)13-5-9-7(2)15-18-8(9)3/h6,13H,4-5H2,1-3H3,(H,12,14). The Morgan fingerprint density at radius 1 is 1.42 bits per heavy atom. The molecule has 2 aromatic heterocycles. The molecule has 0 saturated carbocycles. The second kappa shape index (κ2) is 5.14. The molecule has 7 nitrogen and oxygen atoms in total. The van der Waals surface area contributed by atoms with Gasteiger partial charge in [0.05, 0.1) is 11.9 Å². The number of nitrogens with zero attached hydrogens (tertiary/aromatic N) is 2. The summed E-state index contributed by atoms with van der Waals surface area (Å²) in [6.07, 6.45) is 1.97. The average Bonchev–Trinajstić information content (AvgIpc) is 2.96. The summed E-state index contributed by atoms with van der Waals surface area (Å²) >= 11 is 0. The molecule has 0 aliphatic carbocycles. The molecule has 19 heavy (non-hydrogen) atoms. The molecule has 8 heteroatoms. The van der Waals surface area contributed by atoms with E-state index in [1.54, 1.807) is 13.8 Å². The molecule has 2 N–H and O–H groups in total. The van der Waals surface area contributed by atoms with Crippen LogP contribution in [0, 0.1) is 13.8 Å². The van der Waals surface area contributed by atoms with Gasteiger partial charge < -0.3 is 9.51 Å². The second-order valence-electron chi connectivity index (χ2n) is 4.17. The quantitative estimate of drug-likeness (QED) is 0.854. The van der Waals surface area contributed by atoms with Gasteiger partial charge in [0.15, 0.2) is 5.03 Å². The summed E-state index contributed by atoms with van der Waals surface area (Å²) in [7, 11) is -3.60. The molecule has 2 aromatic rings. The van der Waals surface area contributed by atoms with Crippen LogP contribution in [0.15, 0.2) is 15.7 Å². The minimum atomic E-state index is -3.60. The van der Waals surface area contributed by atoms with E-state index in [2.05, 4.69) is 19.8 Å². The molecular weight excluding hydrogens is 268 g/mol. The van der Waals surface area contributed by atoms with Crippen LogP contribution in [0.1, 0.15) is 29.8 Å². The third kappa shape index (κ3) is 2.85. The van der Waals surface area contributed by atoms with Crippen LogP contribution in [0.5, 0.6) is 0 Å². The highest BCUT2D eigenvalue weighted by Gasteiger charge is 2.18. The van der Waals surface area contributed by atoms with Crippen molar-refractivity contribution in [1.82, 2.24) is 19.8 Å². The average molecular weight is 284 g/mol. The minimum Gasteiger partial charge on any atom is -0.361 e. The van der Waals surface area contributed by atoms with Crippen LogP contribution in [-0.4, -0.2) is 23.5 Å². The molecule has 0 aliphatic heterocycles. The Labute approximate surface area is 111 Å². The first-order valence-corrected chi connectivity index (χ1v) is 7.37. The fourth-order valence-electron chi connectivity index (χ4n) is 1.66. The van der Waals surface area contributed by atoms with Crippen LogP contribution < -0.4 is 4.72 Å². The normalized spacial score (nSPS) is 11.9. The zero-order valence-electron chi connectivity index (χ0n) is 11.0. The van der Waals surface area contributed by atoms with Gasteiger partial charge in [-0.2, -0.15) is 0 Å². The van der Waals surface area contributed by atoms with Gasteiger partial charge in [-0.1, -0.05) is 12.1 Å². The predicted octanol–water partition coefficient (Wildman–Crippen LogP) is 1.06. The van der Waals surface area contributed by atoms with E-state index in [1.165, 1.54) is 6.20 Å². The summed E-state index contributed by atoms with van der Waals surface area (Å²) < 4.78 is 31.6. The molecule has 0 amide bonds. The fraction of sp³-hybridized carbons (Fsp3) is 0.455. The van der Waals surface area contributed by atoms with Gasteiger partial charge >= 0.3 is 0 Å². The molecule has 0 bridgehead atoms. The van der Waals surface area contributed by atoms with Crippen molar-refractivity contribution in [1.29, 1.82) is 0 Å². The van der Waals surface area contributed by atoms with Gasteiger partial charge in [0.25, 0.3) is 10.0 Å². The number of imidazole rings is 1. The van der Waals surface area contributed by atoms with Gasteiger partial charge in [0.2, 0.25) is 0 Å². The van der Waals surface area contributed by atoms with Crippen molar-refractivity contribution < 1.29 is 12.9 Å². The van der Waals surface area contributed by atoms with Crippen molar-refractivity contribution in [3.05, 3.63) is 29.0 Å². The van der Waals surface area contributed by atoms with Crippen LogP contribution >= 0.6 is 0 Å². The first-order valence-electron chi connectivity index (χ1n) is 5.89. The lowest BCUT2D eigenvalue weighted by molar-refractivity contribution is 0.392. The summed E-state index contributed by atoms with van der Waals surface area (Å²) in [5, 5.41) is 3.84. The first-order chi connectivity index (χ1) is 8.94.